The SMILES string of the molecule is CC[C@@]1(O)C(=O)OCc2c1cc1n(c2=O)Cc2c-1nc1cc(F)c(OC)cc1c2CN(CCOCCOCCOCCC(=O)O)C(=O)CNC(C)C. The van der Waals surface area contributed by atoms with Crippen LogP contribution in [0, 0.1) is 5.82 Å². The molecular weight excluding hydrogens is 683 g/mol. The molecule has 15 nitrogen and oxygen atoms in total. The predicted octanol–water partition coefficient (Wildman–Crippen LogP) is 2.08. The van der Waals surface area contributed by atoms with E-state index in [0.717, 1.165) is 0 Å². The zero-order valence-electron chi connectivity index (χ0n) is 29.8. The molecule has 0 saturated carbocycles. The van der Waals surface area contributed by atoms with Crippen LogP contribution in [0.4, 0.5) is 4.39 Å². The number of ether oxygens (including phenoxy) is 5. The number of esters is 1. The lowest BCUT2D eigenvalue weighted by Crippen LogP contribution is -2.44. The number of carbonyl (C=O) groups excluding carboxylic acids is 2. The van der Waals surface area contributed by atoms with Gasteiger partial charge in [0, 0.05) is 41.7 Å². The minimum absolute atomic E-state index is 0.0164. The second kappa shape index (κ2) is 16.9. The number of cyclic esters (lactones) is 1. The molecule has 16 heteroatoms. The van der Waals surface area contributed by atoms with Gasteiger partial charge < -0.3 is 48.7 Å². The monoisotopic (exact) mass is 728 g/mol. The topological polar surface area (TPSA) is 188 Å². The molecule has 0 radical (unpaired) electrons. The molecule has 2 aliphatic heterocycles. The van der Waals surface area contributed by atoms with Gasteiger partial charge in [0.05, 0.1) is 88.7 Å². The van der Waals surface area contributed by atoms with E-state index in [2.05, 4.69) is 5.32 Å². The van der Waals surface area contributed by atoms with Gasteiger partial charge in [0.2, 0.25) is 5.91 Å². The third kappa shape index (κ3) is 8.26. The Morgan fingerprint density at radius 2 is 1.77 bits per heavy atom. The van der Waals surface area contributed by atoms with Crippen LogP contribution in [0.3, 0.4) is 0 Å². The summed E-state index contributed by atoms with van der Waals surface area (Å²) >= 11 is 0. The molecule has 3 aromatic rings. The van der Waals surface area contributed by atoms with E-state index in [1.54, 1.807) is 17.9 Å². The van der Waals surface area contributed by atoms with Crippen LogP contribution in [-0.4, -0.2) is 108 Å². The number of halogens is 1. The Hall–Kier alpha value is -4.48. The maximum atomic E-state index is 15.1. The minimum atomic E-state index is -2.02. The van der Waals surface area contributed by atoms with Gasteiger partial charge in [-0.1, -0.05) is 20.8 Å². The highest BCUT2D eigenvalue weighted by atomic mass is 19.1. The number of fused-ring (bicyclic) bond motifs is 5. The minimum Gasteiger partial charge on any atom is -0.494 e. The number of rotatable bonds is 19. The first kappa shape index (κ1) is 38.7. The summed E-state index contributed by atoms with van der Waals surface area (Å²) < 4.78 is 43.6. The van der Waals surface area contributed by atoms with Crippen molar-refractivity contribution in [1.82, 2.24) is 19.8 Å². The number of hydrogen-bond donors (Lipinski definition) is 3. The summed E-state index contributed by atoms with van der Waals surface area (Å²) in [5.41, 5.74) is 0.114. The lowest BCUT2D eigenvalue weighted by atomic mass is 9.86. The van der Waals surface area contributed by atoms with Gasteiger partial charge in [0.15, 0.2) is 17.2 Å². The average Bonchev–Trinajstić information content (AvgIpc) is 3.48. The van der Waals surface area contributed by atoms with Crippen molar-refractivity contribution in [2.75, 3.05) is 59.8 Å². The molecule has 1 atom stereocenters. The summed E-state index contributed by atoms with van der Waals surface area (Å²) in [5, 5.41) is 23.7. The standard InChI is InChI=1S/C36H45FN4O11/c1-5-36(47)26-15-29-33-24(19-41(29)34(45)25(26)20-52-35(36)46)23(22-14-30(48-4)27(37)16-28(22)39-33)18-40(31(42)17-38-21(2)3)7-9-50-11-13-51-12-10-49-8-6-32(43)44/h14-16,21,38,47H,5-13,17-20H2,1-4H3,(H,43,44)/t36-/m0/s1. The van der Waals surface area contributed by atoms with Crippen molar-refractivity contribution in [3.63, 3.8) is 0 Å². The molecular formula is C36H45FN4O11. The highest BCUT2D eigenvalue weighted by Gasteiger charge is 2.45. The summed E-state index contributed by atoms with van der Waals surface area (Å²) in [7, 11) is 1.35. The van der Waals surface area contributed by atoms with E-state index in [1.165, 1.54) is 23.8 Å². The number of amides is 1. The summed E-state index contributed by atoms with van der Waals surface area (Å²) in [4.78, 5) is 57.2. The second-order valence-electron chi connectivity index (χ2n) is 12.9. The predicted molar refractivity (Wildman–Crippen MR) is 184 cm³/mol. The number of carboxylic acids is 1. The van der Waals surface area contributed by atoms with E-state index in [-0.39, 0.29) is 120 Å². The molecule has 0 fully saturated rings. The van der Waals surface area contributed by atoms with E-state index in [1.807, 2.05) is 13.8 Å². The van der Waals surface area contributed by atoms with Gasteiger partial charge in [0.1, 0.15) is 6.61 Å². The number of nitrogens with one attached hydrogen (secondary N) is 1. The van der Waals surface area contributed by atoms with Gasteiger partial charge in [-0.05, 0) is 24.1 Å². The second-order valence-corrected chi connectivity index (χ2v) is 12.9. The molecule has 3 N–H and O–H groups in total. The number of nitrogens with zero attached hydrogens (tertiary/aromatic N) is 3. The van der Waals surface area contributed by atoms with Crippen LogP contribution in [0.5, 0.6) is 5.75 Å². The average molecular weight is 729 g/mol. The smallest absolute Gasteiger partial charge is 0.343 e. The first-order chi connectivity index (χ1) is 24.9. The van der Waals surface area contributed by atoms with Crippen LogP contribution < -0.4 is 15.6 Å². The Balaban J connectivity index is 1.44. The first-order valence-electron chi connectivity index (χ1n) is 17.2. The fourth-order valence-corrected chi connectivity index (χ4v) is 6.26. The molecule has 0 unspecified atom stereocenters. The molecule has 282 valence electrons. The van der Waals surface area contributed by atoms with Gasteiger partial charge in [-0.25, -0.2) is 14.2 Å². The lowest BCUT2D eigenvalue weighted by molar-refractivity contribution is -0.172. The molecule has 5 rings (SSSR count). The van der Waals surface area contributed by atoms with Gasteiger partial charge in [0.25, 0.3) is 5.56 Å². The highest BCUT2D eigenvalue weighted by molar-refractivity contribution is 5.90. The Kier molecular flexibility index (Phi) is 12.6. The van der Waals surface area contributed by atoms with Crippen molar-refractivity contribution in [2.45, 2.75) is 65.0 Å². The van der Waals surface area contributed by atoms with Crippen molar-refractivity contribution in [1.29, 1.82) is 0 Å². The van der Waals surface area contributed by atoms with E-state index >= 15 is 4.39 Å². The van der Waals surface area contributed by atoms with Crippen LogP contribution >= 0.6 is 0 Å². The van der Waals surface area contributed by atoms with Crippen molar-refractivity contribution < 1.29 is 52.7 Å². The molecule has 0 aliphatic carbocycles. The quantitative estimate of drug-likeness (QED) is 0.0942. The van der Waals surface area contributed by atoms with E-state index in [0.29, 0.717) is 27.9 Å². The third-order valence-electron chi connectivity index (χ3n) is 9.15. The van der Waals surface area contributed by atoms with Crippen LogP contribution in [0.15, 0.2) is 23.0 Å². The molecule has 2 aromatic heterocycles. The van der Waals surface area contributed by atoms with Gasteiger partial charge >= 0.3 is 11.9 Å². The molecule has 0 bridgehead atoms. The fraction of sp³-hybridized carbons (Fsp3) is 0.528. The highest BCUT2D eigenvalue weighted by Crippen LogP contribution is 2.41. The van der Waals surface area contributed by atoms with E-state index in [4.69, 9.17) is 33.8 Å². The molecule has 0 saturated heterocycles. The molecule has 2 aliphatic rings. The molecule has 1 aromatic carbocycles. The summed E-state index contributed by atoms with van der Waals surface area (Å²) in [6.07, 6.45) is -0.101. The number of benzene rings is 1. The Bertz CT molecular complexity index is 1880. The number of carboxylic acid groups (broad SMARTS) is 1. The van der Waals surface area contributed by atoms with Crippen LogP contribution in [0.2, 0.25) is 0 Å². The van der Waals surface area contributed by atoms with Crippen molar-refractivity contribution in [2.24, 2.45) is 0 Å². The fourth-order valence-electron chi connectivity index (χ4n) is 6.26. The number of methoxy groups -OCH3 is 1. The Labute approximate surface area is 299 Å². The molecule has 4 heterocycles. The zero-order valence-corrected chi connectivity index (χ0v) is 29.8. The van der Waals surface area contributed by atoms with Crippen molar-refractivity contribution in [3.05, 3.63) is 56.6 Å². The van der Waals surface area contributed by atoms with Gasteiger partial charge in [-0.2, -0.15) is 0 Å². The molecule has 0 spiro atoms. The number of aliphatic carboxylic acids is 1. The van der Waals surface area contributed by atoms with Crippen molar-refractivity contribution >= 4 is 28.7 Å². The maximum Gasteiger partial charge on any atom is 0.343 e. The lowest BCUT2D eigenvalue weighted by Gasteiger charge is -2.31. The summed E-state index contributed by atoms with van der Waals surface area (Å²) in [5.74, 6) is -2.65. The van der Waals surface area contributed by atoms with Gasteiger partial charge in [-0.3, -0.25) is 14.4 Å². The first-order valence-corrected chi connectivity index (χ1v) is 17.2. The largest absolute Gasteiger partial charge is 0.494 e. The number of aliphatic hydroxyl groups is 1. The number of carbonyl (C=O) groups is 3. The van der Waals surface area contributed by atoms with Crippen molar-refractivity contribution in [3.8, 4) is 17.1 Å². The van der Waals surface area contributed by atoms with Gasteiger partial charge in [-0.15, -0.1) is 0 Å². The molecule has 1 amide bonds. The van der Waals surface area contributed by atoms with Crippen LogP contribution in [-0.2, 0) is 58.6 Å². The number of hydrogen-bond acceptors (Lipinski definition) is 12. The number of pyridine rings is 2. The summed E-state index contributed by atoms with van der Waals surface area (Å²) in [6.45, 7) is 6.86. The third-order valence-corrected chi connectivity index (χ3v) is 9.15. The van der Waals surface area contributed by atoms with E-state index < -0.39 is 28.9 Å². The summed E-state index contributed by atoms with van der Waals surface area (Å²) in [6, 6.07) is 4.39. The van der Waals surface area contributed by atoms with Crippen LogP contribution in [0.1, 0.15) is 55.9 Å². The Morgan fingerprint density at radius 3 is 2.42 bits per heavy atom. The normalized spacial score (nSPS) is 16.1. The maximum absolute atomic E-state index is 15.1. The van der Waals surface area contributed by atoms with Crippen LogP contribution in [0.25, 0.3) is 22.3 Å². The Morgan fingerprint density at radius 1 is 1.08 bits per heavy atom. The number of aromatic nitrogens is 2. The van der Waals surface area contributed by atoms with E-state index in [9.17, 15) is 24.3 Å². The zero-order chi connectivity index (χ0) is 37.6. The molecule has 52 heavy (non-hydrogen) atoms.